The monoisotopic (exact) mass is 244 g/mol. The summed E-state index contributed by atoms with van der Waals surface area (Å²) in [6.07, 6.45) is 2.44. The van der Waals surface area contributed by atoms with Crippen LogP contribution in [-0.4, -0.2) is 21.8 Å². The van der Waals surface area contributed by atoms with E-state index in [1.807, 2.05) is 18.8 Å². The van der Waals surface area contributed by atoms with Crippen LogP contribution in [0.3, 0.4) is 0 Å². The van der Waals surface area contributed by atoms with Crippen molar-refractivity contribution in [3.63, 3.8) is 0 Å². The maximum absolute atomic E-state index is 4.29. The van der Waals surface area contributed by atoms with Crippen LogP contribution in [-0.2, 0) is 13.5 Å². The van der Waals surface area contributed by atoms with Crippen molar-refractivity contribution in [3.05, 3.63) is 47.0 Å². The molecule has 4 heteroatoms. The summed E-state index contributed by atoms with van der Waals surface area (Å²) < 4.78 is 1.83. The number of rotatable bonds is 4. The Morgan fingerprint density at radius 1 is 1.22 bits per heavy atom. The lowest BCUT2D eigenvalue weighted by atomic mass is 9.99. The molecular weight excluding hydrogens is 224 g/mol. The van der Waals surface area contributed by atoms with E-state index in [1.165, 1.54) is 16.7 Å². The van der Waals surface area contributed by atoms with Gasteiger partial charge in [0.15, 0.2) is 0 Å². The number of aromatic nitrogens is 3. The number of likely N-dealkylation sites (N-methyl/N-ethyl adjacent to an activating group) is 1. The lowest BCUT2D eigenvalue weighted by molar-refractivity contribution is 0.553. The van der Waals surface area contributed by atoms with Gasteiger partial charge in [-0.3, -0.25) is 4.68 Å². The lowest BCUT2D eigenvalue weighted by Crippen LogP contribution is -2.21. The fourth-order valence-corrected chi connectivity index (χ4v) is 2.29. The molecular formula is C14H20N4. The Morgan fingerprint density at radius 3 is 2.39 bits per heavy atom. The smallest absolute Gasteiger partial charge is 0.138 e. The number of nitrogens with zero attached hydrogens (tertiary/aromatic N) is 3. The molecule has 2 aromatic rings. The van der Waals surface area contributed by atoms with Crippen molar-refractivity contribution < 1.29 is 0 Å². The Hall–Kier alpha value is -1.68. The van der Waals surface area contributed by atoms with Gasteiger partial charge < -0.3 is 5.32 Å². The van der Waals surface area contributed by atoms with E-state index in [1.54, 1.807) is 6.33 Å². The number of aryl methyl sites for hydroxylation is 3. The van der Waals surface area contributed by atoms with Crippen LogP contribution >= 0.6 is 0 Å². The molecule has 96 valence electrons. The van der Waals surface area contributed by atoms with Crippen molar-refractivity contribution in [2.24, 2.45) is 7.05 Å². The predicted octanol–water partition coefficient (Wildman–Crippen LogP) is 1.94. The zero-order chi connectivity index (χ0) is 13.1. The van der Waals surface area contributed by atoms with Gasteiger partial charge in [0.25, 0.3) is 0 Å². The summed E-state index contributed by atoms with van der Waals surface area (Å²) in [6, 6.07) is 6.92. The van der Waals surface area contributed by atoms with Crippen LogP contribution in [0.1, 0.15) is 28.6 Å². The highest BCUT2D eigenvalue weighted by atomic mass is 15.3. The highest BCUT2D eigenvalue weighted by Gasteiger charge is 2.13. The van der Waals surface area contributed by atoms with E-state index in [9.17, 15) is 0 Å². The van der Waals surface area contributed by atoms with Gasteiger partial charge >= 0.3 is 0 Å². The zero-order valence-corrected chi connectivity index (χ0v) is 11.4. The fourth-order valence-electron chi connectivity index (χ4n) is 2.29. The summed E-state index contributed by atoms with van der Waals surface area (Å²) in [5.41, 5.74) is 3.89. The van der Waals surface area contributed by atoms with Gasteiger partial charge in [-0.25, -0.2) is 4.98 Å². The summed E-state index contributed by atoms with van der Waals surface area (Å²) in [6.45, 7) is 4.26. The molecule has 1 heterocycles. The molecule has 0 radical (unpaired) electrons. The molecule has 0 saturated carbocycles. The van der Waals surface area contributed by atoms with Crippen molar-refractivity contribution in [3.8, 4) is 0 Å². The van der Waals surface area contributed by atoms with Crippen molar-refractivity contribution >= 4 is 0 Å². The Balaban J connectivity index is 2.25. The normalized spacial score (nSPS) is 12.7. The first-order valence-corrected chi connectivity index (χ1v) is 6.18. The Morgan fingerprint density at radius 2 is 1.89 bits per heavy atom. The van der Waals surface area contributed by atoms with Crippen LogP contribution in [0.25, 0.3) is 0 Å². The van der Waals surface area contributed by atoms with E-state index in [-0.39, 0.29) is 6.04 Å². The van der Waals surface area contributed by atoms with Crippen molar-refractivity contribution in [2.75, 3.05) is 7.05 Å². The molecule has 0 spiro atoms. The Labute approximate surface area is 108 Å². The van der Waals surface area contributed by atoms with Gasteiger partial charge in [0.1, 0.15) is 12.2 Å². The number of hydrogen-bond acceptors (Lipinski definition) is 3. The van der Waals surface area contributed by atoms with Gasteiger partial charge in [-0.2, -0.15) is 5.10 Å². The van der Waals surface area contributed by atoms with E-state index in [2.05, 4.69) is 47.4 Å². The minimum absolute atomic E-state index is 0.270. The molecule has 0 fully saturated rings. The first-order chi connectivity index (χ1) is 8.60. The molecule has 1 aromatic carbocycles. The van der Waals surface area contributed by atoms with Gasteiger partial charge in [0, 0.05) is 19.5 Å². The van der Waals surface area contributed by atoms with Crippen molar-refractivity contribution in [1.29, 1.82) is 0 Å². The van der Waals surface area contributed by atoms with Crippen LogP contribution in [0, 0.1) is 13.8 Å². The number of hydrogen-bond donors (Lipinski definition) is 1. The van der Waals surface area contributed by atoms with E-state index >= 15 is 0 Å². The first kappa shape index (κ1) is 12.8. The van der Waals surface area contributed by atoms with Crippen LogP contribution in [0.15, 0.2) is 24.5 Å². The van der Waals surface area contributed by atoms with Crippen LogP contribution < -0.4 is 5.32 Å². The second-order valence-corrected chi connectivity index (χ2v) is 4.77. The maximum Gasteiger partial charge on any atom is 0.138 e. The Bertz CT molecular complexity index is 510. The standard InChI is InChI=1S/C14H20N4/c1-10-5-11(2)7-12(6-10)13(15-3)8-14-16-9-17-18(14)4/h5-7,9,13,15H,8H2,1-4H3. The van der Waals surface area contributed by atoms with Crippen molar-refractivity contribution in [2.45, 2.75) is 26.3 Å². The molecule has 0 saturated heterocycles. The highest BCUT2D eigenvalue weighted by Crippen LogP contribution is 2.19. The van der Waals surface area contributed by atoms with Gasteiger partial charge in [-0.1, -0.05) is 29.3 Å². The van der Waals surface area contributed by atoms with E-state index in [0.717, 1.165) is 12.2 Å². The first-order valence-electron chi connectivity index (χ1n) is 6.18. The lowest BCUT2D eigenvalue weighted by Gasteiger charge is -2.17. The molecule has 18 heavy (non-hydrogen) atoms. The van der Waals surface area contributed by atoms with Gasteiger partial charge in [-0.15, -0.1) is 0 Å². The second-order valence-electron chi connectivity index (χ2n) is 4.77. The van der Waals surface area contributed by atoms with Gasteiger partial charge in [0.05, 0.1) is 0 Å². The molecule has 1 N–H and O–H groups in total. The summed E-state index contributed by atoms with van der Waals surface area (Å²) in [5.74, 6) is 0.994. The quantitative estimate of drug-likeness (QED) is 0.893. The predicted molar refractivity (Wildman–Crippen MR) is 72.4 cm³/mol. The molecule has 0 aliphatic heterocycles. The molecule has 4 nitrogen and oxygen atoms in total. The third kappa shape index (κ3) is 2.76. The maximum atomic E-state index is 4.29. The van der Waals surface area contributed by atoms with Gasteiger partial charge in [-0.05, 0) is 26.5 Å². The van der Waals surface area contributed by atoms with Gasteiger partial charge in [0.2, 0.25) is 0 Å². The number of nitrogens with one attached hydrogen (secondary N) is 1. The third-order valence-corrected chi connectivity index (χ3v) is 3.19. The van der Waals surface area contributed by atoms with E-state index in [4.69, 9.17) is 0 Å². The fraction of sp³-hybridized carbons (Fsp3) is 0.429. The average Bonchev–Trinajstić information content (AvgIpc) is 2.70. The minimum Gasteiger partial charge on any atom is -0.313 e. The topological polar surface area (TPSA) is 42.7 Å². The third-order valence-electron chi connectivity index (χ3n) is 3.19. The molecule has 1 unspecified atom stereocenters. The second kappa shape index (κ2) is 5.31. The van der Waals surface area contributed by atoms with E-state index in [0.29, 0.717) is 0 Å². The molecule has 0 aliphatic rings. The van der Waals surface area contributed by atoms with Crippen molar-refractivity contribution in [1.82, 2.24) is 20.1 Å². The minimum atomic E-state index is 0.270. The van der Waals surface area contributed by atoms with Crippen LogP contribution in [0.4, 0.5) is 0 Å². The largest absolute Gasteiger partial charge is 0.313 e. The summed E-state index contributed by atoms with van der Waals surface area (Å²) in [7, 11) is 3.91. The molecule has 0 aliphatic carbocycles. The molecule has 1 aromatic heterocycles. The highest BCUT2D eigenvalue weighted by molar-refractivity contribution is 5.31. The Kier molecular flexibility index (Phi) is 3.77. The SMILES string of the molecule is CNC(Cc1ncnn1C)c1cc(C)cc(C)c1. The summed E-state index contributed by atoms with van der Waals surface area (Å²) in [4.78, 5) is 4.29. The molecule has 1 atom stereocenters. The van der Waals surface area contributed by atoms with E-state index < -0.39 is 0 Å². The van der Waals surface area contributed by atoms with Crippen LogP contribution in [0.5, 0.6) is 0 Å². The number of benzene rings is 1. The summed E-state index contributed by atoms with van der Waals surface area (Å²) in [5, 5.41) is 7.47. The molecule has 0 amide bonds. The summed E-state index contributed by atoms with van der Waals surface area (Å²) >= 11 is 0. The molecule has 2 rings (SSSR count). The zero-order valence-electron chi connectivity index (χ0n) is 11.4. The molecule has 0 bridgehead atoms. The average molecular weight is 244 g/mol. The van der Waals surface area contributed by atoms with Crippen LogP contribution in [0.2, 0.25) is 0 Å².